The lowest BCUT2D eigenvalue weighted by Gasteiger charge is -2.15. The zero-order valence-corrected chi connectivity index (χ0v) is 12.4. The van der Waals surface area contributed by atoms with E-state index in [2.05, 4.69) is 5.32 Å². The van der Waals surface area contributed by atoms with Crippen LogP contribution in [0.2, 0.25) is 5.02 Å². The molecule has 1 atom stereocenters. The van der Waals surface area contributed by atoms with E-state index >= 15 is 0 Å². The van der Waals surface area contributed by atoms with Gasteiger partial charge in [0, 0.05) is 11.3 Å². The molecule has 20 heavy (non-hydrogen) atoms. The summed E-state index contributed by atoms with van der Waals surface area (Å²) >= 11 is 6.03. The first kappa shape index (κ1) is 14.5. The molecule has 0 aliphatic carbocycles. The molecule has 0 fully saturated rings. The fourth-order valence-corrected chi connectivity index (χ4v) is 2.47. The van der Waals surface area contributed by atoms with Gasteiger partial charge in [-0.2, -0.15) is 0 Å². The third-order valence-corrected chi connectivity index (χ3v) is 3.48. The molecule has 5 heteroatoms. The lowest BCUT2D eigenvalue weighted by atomic mass is 10.1. The van der Waals surface area contributed by atoms with Gasteiger partial charge in [0.25, 0.3) is 5.91 Å². The second-order valence-electron chi connectivity index (χ2n) is 4.77. The summed E-state index contributed by atoms with van der Waals surface area (Å²) in [6.45, 7) is 5.63. The van der Waals surface area contributed by atoms with Crippen LogP contribution < -0.4 is 11.1 Å². The van der Waals surface area contributed by atoms with E-state index in [-0.39, 0.29) is 11.9 Å². The highest BCUT2D eigenvalue weighted by molar-refractivity contribution is 6.34. The topological polar surface area (TPSA) is 68.3 Å². The van der Waals surface area contributed by atoms with Gasteiger partial charge in [-0.1, -0.05) is 17.7 Å². The summed E-state index contributed by atoms with van der Waals surface area (Å²) in [5, 5.41) is 3.23. The smallest absolute Gasteiger partial charge is 0.255 e. The Labute approximate surface area is 122 Å². The van der Waals surface area contributed by atoms with Crippen LogP contribution in [0.4, 0.5) is 5.69 Å². The Morgan fingerprint density at radius 2 is 2.10 bits per heavy atom. The van der Waals surface area contributed by atoms with Gasteiger partial charge in [0.2, 0.25) is 0 Å². The van der Waals surface area contributed by atoms with Crippen LogP contribution in [0, 0.1) is 13.8 Å². The van der Waals surface area contributed by atoms with E-state index in [1.807, 2.05) is 26.8 Å². The molecule has 0 bridgehead atoms. The largest absolute Gasteiger partial charge is 0.466 e. The van der Waals surface area contributed by atoms with Crippen molar-refractivity contribution in [2.75, 3.05) is 5.73 Å². The third-order valence-electron chi connectivity index (χ3n) is 3.17. The van der Waals surface area contributed by atoms with Crippen molar-refractivity contribution in [3.05, 3.63) is 51.9 Å². The minimum absolute atomic E-state index is 0.185. The minimum atomic E-state index is -0.293. The standard InChI is InChI=1S/C15H17ClN2O2/c1-8-7-11(10(3)20-8)9(2)18-15(19)14-12(16)5-4-6-13(14)17/h4-7,9H,17H2,1-3H3,(H,18,19). The molecule has 0 spiro atoms. The molecule has 1 aromatic carbocycles. The van der Waals surface area contributed by atoms with Gasteiger partial charge in [0.15, 0.2) is 0 Å². The second kappa shape index (κ2) is 5.59. The quantitative estimate of drug-likeness (QED) is 0.849. The first-order chi connectivity index (χ1) is 9.40. The van der Waals surface area contributed by atoms with Crippen molar-refractivity contribution in [1.82, 2.24) is 5.32 Å². The van der Waals surface area contributed by atoms with Gasteiger partial charge in [0.1, 0.15) is 11.5 Å². The van der Waals surface area contributed by atoms with Gasteiger partial charge in [-0.05, 0) is 39.0 Å². The zero-order valence-electron chi connectivity index (χ0n) is 11.7. The van der Waals surface area contributed by atoms with E-state index in [0.717, 1.165) is 17.1 Å². The Kier molecular flexibility index (Phi) is 4.04. The normalized spacial score (nSPS) is 12.2. The van der Waals surface area contributed by atoms with Gasteiger partial charge < -0.3 is 15.5 Å². The van der Waals surface area contributed by atoms with Gasteiger partial charge in [-0.25, -0.2) is 0 Å². The third kappa shape index (κ3) is 2.80. The first-order valence-electron chi connectivity index (χ1n) is 6.32. The number of furan rings is 1. The van der Waals surface area contributed by atoms with Crippen LogP contribution in [0.3, 0.4) is 0 Å². The lowest BCUT2D eigenvalue weighted by Crippen LogP contribution is -2.27. The number of nitrogens with one attached hydrogen (secondary N) is 1. The van der Waals surface area contributed by atoms with Crippen LogP contribution in [-0.2, 0) is 0 Å². The molecule has 1 aromatic heterocycles. The molecule has 106 valence electrons. The molecule has 0 aliphatic rings. The highest BCUT2D eigenvalue weighted by atomic mass is 35.5. The number of nitrogens with two attached hydrogens (primary N) is 1. The number of carbonyl (C=O) groups excluding carboxylic acids is 1. The number of benzene rings is 1. The van der Waals surface area contributed by atoms with Gasteiger partial charge in [-0.15, -0.1) is 0 Å². The number of rotatable bonds is 3. The second-order valence-corrected chi connectivity index (χ2v) is 5.17. The lowest BCUT2D eigenvalue weighted by molar-refractivity contribution is 0.0941. The Morgan fingerprint density at radius 1 is 1.40 bits per heavy atom. The summed E-state index contributed by atoms with van der Waals surface area (Å²) in [6, 6.07) is 6.73. The van der Waals surface area contributed by atoms with Gasteiger partial charge >= 0.3 is 0 Å². The Hall–Kier alpha value is -1.94. The van der Waals surface area contributed by atoms with Crippen molar-refractivity contribution in [1.29, 1.82) is 0 Å². The van der Waals surface area contributed by atoms with E-state index in [9.17, 15) is 4.79 Å². The minimum Gasteiger partial charge on any atom is -0.466 e. The molecule has 4 nitrogen and oxygen atoms in total. The number of nitrogen functional groups attached to an aromatic ring is 1. The van der Waals surface area contributed by atoms with Crippen LogP contribution >= 0.6 is 11.6 Å². The molecule has 0 saturated carbocycles. The van der Waals surface area contributed by atoms with Crippen LogP contribution in [0.25, 0.3) is 0 Å². The predicted molar refractivity (Wildman–Crippen MR) is 79.9 cm³/mol. The van der Waals surface area contributed by atoms with Crippen LogP contribution in [0.5, 0.6) is 0 Å². The van der Waals surface area contributed by atoms with Crippen LogP contribution in [0.15, 0.2) is 28.7 Å². The molecule has 1 amide bonds. The molecule has 0 radical (unpaired) electrons. The highest BCUT2D eigenvalue weighted by Crippen LogP contribution is 2.25. The van der Waals surface area contributed by atoms with Crippen molar-refractivity contribution in [3.63, 3.8) is 0 Å². The van der Waals surface area contributed by atoms with E-state index in [1.165, 1.54) is 0 Å². The molecular weight excluding hydrogens is 276 g/mol. The van der Waals surface area contributed by atoms with E-state index in [1.54, 1.807) is 18.2 Å². The number of anilines is 1. The molecule has 1 heterocycles. The predicted octanol–water partition coefficient (Wildman–Crippen LogP) is 3.62. The van der Waals surface area contributed by atoms with Crippen molar-refractivity contribution in [2.24, 2.45) is 0 Å². The van der Waals surface area contributed by atoms with Crippen LogP contribution in [0.1, 0.15) is 40.4 Å². The Balaban J connectivity index is 2.22. The SMILES string of the molecule is Cc1cc(C(C)NC(=O)c2c(N)cccc2Cl)c(C)o1. The van der Waals surface area contributed by atoms with E-state index < -0.39 is 0 Å². The Morgan fingerprint density at radius 3 is 2.65 bits per heavy atom. The number of hydrogen-bond acceptors (Lipinski definition) is 3. The van der Waals surface area contributed by atoms with Crippen molar-refractivity contribution < 1.29 is 9.21 Å². The fourth-order valence-electron chi connectivity index (χ4n) is 2.21. The summed E-state index contributed by atoms with van der Waals surface area (Å²) in [5.41, 5.74) is 7.42. The maximum Gasteiger partial charge on any atom is 0.255 e. The number of carbonyl (C=O) groups is 1. The summed E-state index contributed by atoms with van der Waals surface area (Å²) < 4.78 is 5.47. The number of amides is 1. The molecule has 0 saturated heterocycles. The van der Waals surface area contributed by atoms with Crippen molar-refractivity contribution in [3.8, 4) is 0 Å². The summed E-state index contributed by atoms with van der Waals surface area (Å²) in [5.74, 6) is 1.32. The fraction of sp³-hybridized carbons (Fsp3) is 0.267. The maximum absolute atomic E-state index is 12.3. The van der Waals surface area contributed by atoms with Gasteiger partial charge in [-0.3, -0.25) is 4.79 Å². The average Bonchev–Trinajstić information content (AvgIpc) is 2.68. The van der Waals surface area contributed by atoms with E-state index in [0.29, 0.717) is 16.3 Å². The molecule has 3 N–H and O–H groups in total. The zero-order chi connectivity index (χ0) is 14.9. The summed E-state index contributed by atoms with van der Waals surface area (Å²) in [7, 11) is 0. The molecule has 2 rings (SSSR count). The highest BCUT2D eigenvalue weighted by Gasteiger charge is 2.19. The Bertz CT molecular complexity index is 629. The number of hydrogen-bond donors (Lipinski definition) is 2. The summed E-state index contributed by atoms with van der Waals surface area (Å²) in [6.07, 6.45) is 0. The maximum atomic E-state index is 12.3. The first-order valence-corrected chi connectivity index (χ1v) is 6.69. The molecular formula is C15H17ClN2O2. The van der Waals surface area contributed by atoms with Crippen LogP contribution in [-0.4, -0.2) is 5.91 Å². The van der Waals surface area contributed by atoms with Crippen molar-refractivity contribution >= 4 is 23.2 Å². The number of aryl methyl sites for hydroxylation is 2. The molecule has 1 unspecified atom stereocenters. The van der Waals surface area contributed by atoms with Crippen molar-refractivity contribution in [2.45, 2.75) is 26.8 Å². The number of halogens is 1. The van der Waals surface area contributed by atoms with E-state index in [4.69, 9.17) is 21.8 Å². The monoisotopic (exact) mass is 292 g/mol. The van der Waals surface area contributed by atoms with Gasteiger partial charge in [0.05, 0.1) is 16.6 Å². The molecule has 2 aromatic rings. The molecule has 0 aliphatic heterocycles. The summed E-state index contributed by atoms with van der Waals surface area (Å²) in [4.78, 5) is 12.3. The average molecular weight is 293 g/mol.